The van der Waals surface area contributed by atoms with E-state index in [9.17, 15) is 13.2 Å². The van der Waals surface area contributed by atoms with Gasteiger partial charge in [0.25, 0.3) is 0 Å². The van der Waals surface area contributed by atoms with Gasteiger partial charge < -0.3 is 0 Å². The summed E-state index contributed by atoms with van der Waals surface area (Å²) >= 11 is 5.51. The van der Waals surface area contributed by atoms with Crippen LogP contribution in [0.1, 0.15) is 11.1 Å². The Morgan fingerprint density at radius 2 is 1.79 bits per heavy atom. The van der Waals surface area contributed by atoms with Crippen LogP contribution in [0.5, 0.6) is 0 Å². The number of alkyl halides is 3. The van der Waals surface area contributed by atoms with Gasteiger partial charge in [-0.25, -0.2) is 9.97 Å². The van der Waals surface area contributed by atoms with E-state index >= 15 is 0 Å². The molecular weight excluding hydrogens is 279 g/mol. The SMILES string of the molecule is N#Cc1cnc(-c2ccc(Cl)c(C(F)(F)F)c2)nc1. The summed E-state index contributed by atoms with van der Waals surface area (Å²) in [6.45, 7) is 0. The van der Waals surface area contributed by atoms with Crippen LogP contribution in [0.2, 0.25) is 5.02 Å². The molecule has 0 unspecified atom stereocenters. The summed E-state index contributed by atoms with van der Waals surface area (Å²) in [7, 11) is 0. The second kappa shape index (κ2) is 4.86. The van der Waals surface area contributed by atoms with Crippen molar-refractivity contribution in [2.75, 3.05) is 0 Å². The Balaban J connectivity index is 2.49. The molecule has 0 bridgehead atoms. The number of benzene rings is 1. The quantitative estimate of drug-likeness (QED) is 0.802. The molecule has 0 aliphatic rings. The van der Waals surface area contributed by atoms with Crippen LogP contribution in [-0.2, 0) is 6.18 Å². The first-order valence-electron chi connectivity index (χ1n) is 5.01. The molecule has 0 atom stereocenters. The van der Waals surface area contributed by atoms with Crippen LogP contribution in [-0.4, -0.2) is 9.97 Å². The Bertz CT molecular complexity index is 645. The van der Waals surface area contributed by atoms with E-state index in [0.717, 1.165) is 12.1 Å². The van der Waals surface area contributed by atoms with Gasteiger partial charge in [-0.1, -0.05) is 11.6 Å². The van der Waals surface area contributed by atoms with Gasteiger partial charge in [-0.15, -0.1) is 0 Å². The summed E-state index contributed by atoms with van der Waals surface area (Å²) in [5.74, 6) is 0.0983. The van der Waals surface area contributed by atoms with Crippen molar-refractivity contribution in [3.8, 4) is 17.5 Å². The molecule has 0 radical (unpaired) electrons. The van der Waals surface area contributed by atoms with Crippen molar-refractivity contribution >= 4 is 11.6 Å². The van der Waals surface area contributed by atoms with Gasteiger partial charge in [-0.05, 0) is 18.2 Å². The van der Waals surface area contributed by atoms with Crippen molar-refractivity contribution in [2.24, 2.45) is 0 Å². The number of aromatic nitrogens is 2. The average Bonchev–Trinajstić information content (AvgIpc) is 2.38. The Labute approximate surface area is 111 Å². The molecule has 2 aromatic rings. The zero-order valence-corrected chi connectivity index (χ0v) is 10.00. The smallest absolute Gasteiger partial charge is 0.235 e. The molecule has 1 aromatic heterocycles. The number of hydrogen-bond donors (Lipinski definition) is 0. The van der Waals surface area contributed by atoms with Gasteiger partial charge in [0.15, 0.2) is 5.82 Å². The van der Waals surface area contributed by atoms with Gasteiger partial charge in [-0.3, -0.25) is 0 Å². The minimum absolute atomic E-state index is 0.0983. The topological polar surface area (TPSA) is 49.6 Å². The Kier molecular flexibility index (Phi) is 3.40. The lowest BCUT2D eigenvalue weighted by Crippen LogP contribution is -2.06. The van der Waals surface area contributed by atoms with E-state index in [0.29, 0.717) is 0 Å². The summed E-state index contributed by atoms with van der Waals surface area (Å²) in [5, 5.41) is 8.21. The second-order valence-electron chi connectivity index (χ2n) is 3.60. The molecule has 7 heteroatoms. The zero-order valence-electron chi connectivity index (χ0n) is 9.24. The largest absolute Gasteiger partial charge is 0.417 e. The van der Waals surface area contributed by atoms with Crippen molar-refractivity contribution in [3.63, 3.8) is 0 Å². The Morgan fingerprint density at radius 3 is 2.32 bits per heavy atom. The first-order chi connectivity index (χ1) is 8.91. The molecule has 2 rings (SSSR count). The highest BCUT2D eigenvalue weighted by Gasteiger charge is 2.33. The molecule has 1 aromatic carbocycles. The van der Waals surface area contributed by atoms with Gasteiger partial charge in [0.05, 0.1) is 16.1 Å². The van der Waals surface area contributed by atoms with E-state index in [-0.39, 0.29) is 22.0 Å². The third-order valence-corrected chi connectivity index (χ3v) is 2.64. The van der Waals surface area contributed by atoms with E-state index in [4.69, 9.17) is 16.9 Å². The summed E-state index contributed by atoms with van der Waals surface area (Å²) in [6, 6.07) is 5.23. The summed E-state index contributed by atoms with van der Waals surface area (Å²) in [6.07, 6.45) is -2.06. The van der Waals surface area contributed by atoms with Crippen LogP contribution >= 0.6 is 11.6 Å². The molecule has 19 heavy (non-hydrogen) atoms. The lowest BCUT2D eigenvalue weighted by Gasteiger charge is -2.10. The highest BCUT2D eigenvalue weighted by atomic mass is 35.5. The normalized spacial score (nSPS) is 11.1. The number of rotatable bonds is 1. The fraction of sp³-hybridized carbons (Fsp3) is 0.0833. The molecule has 0 aliphatic carbocycles. The summed E-state index contributed by atoms with van der Waals surface area (Å²) < 4.78 is 38.1. The molecule has 0 saturated carbocycles. The molecule has 0 spiro atoms. The van der Waals surface area contributed by atoms with Crippen LogP contribution < -0.4 is 0 Å². The average molecular weight is 284 g/mol. The van der Waals surface area contributed by atoms with Crippen molar-refractivity contribution < 1.29 is 13.2 Å². The van der Waals surface area contributed by atoms with Gasteiger partial charge in [0.1, 0.15) is 6.07 Å². The molecule has 3 nitrogen and oxygen atoms in total. The molecular formula is C12H5ClF3N3. The van der Waals surface area contributed by atoms with Crippen LogP contribution in [0, 0.1) is 11.3 Å². The van der Waals surface area contributed by atoms with Gasteiger partial charge in [-0.2, -0.15) is 18.4 Å². The third kappa shape index (κ3) is 2.83. The molecule has 0 N–H and O–H groups in total. The second-order valence-corrected chi connectivity index (χ2v) is 4.01. The van der Waals surface area contributed by atoms with Gasteiger partial charge in [0.2, 0.25) is 0 Å². The predicted molar refractivity (Wildman–Crippen MR) is 62.2 cm³/mol. The summed E-state index contributed by atoms with van der Waals surface area (Å²) in [5.41, 5.74) is -0.533. The van der Waals surface area contributed by atoms with Crippen LogP contribution in [0.3, 0.4) is 0 Å². The minimum Gasteiger partial charge on any atom is -0.235 e. The maximum Gasteiger partial charge on any atom is 0.417 e. The maximum absolute atomic E-state index is 12.7. The number of nitrogens with zero attached hydrogens (tertiary/aromatic N) is 3. The number of hydrogen-bond acceptors (Lipinski definition) is 3. The highest BCUT2D eigenvalue weighted by Crippen LogP contribution is 2.36. The van der Waals surface area contributed by atoms with E-state index in [1.807, 2.05) is 6.07 Å². The van der Waals surface area contributed by atoms with E-state index < -0.39 is 11.7 Å². The van der Waals surface area contributed by atoms with Crippen molar-refractivity contribution in [1.82, 2.24) is 9.97 Å². The lowest BCUT2D eigenvalue weighted by molar-refractivity contribution is -0.137. The van der Waals surface area contributed by atoms with Crippen LogP contribution in [0.15, 0.2) is 30.6 Å². The zero-order chi connectivity index (χ0) is 14.0. The van der Waals surface area contributed by atoms with Crippen molar-refractivity contribution in [2.45, 2.75) is 6.18 Å². The van der Waals surface area contributed by atoms with Crippen molar-refractivity contribution in [1.29, 1.82) is 5.26 Å². The molecule has 96 valence electrons. The molecule has 0 amide bonds. The van der Waals surface area contributed by atoms with E-state index in [1.54, 1.807) is 0 Å². The Morgan fingerprint density at radius 1 is 1.16 bits per heavy atom. The van der Waals surface area contributed by atoms with Crippen molar-refractivity contribution in [3.05, 3.63) is 46.7 Å². The maximum atomic E-state index is 12.7. The fourth-order valence-corrected chi connectivity index (χ4v) is 1.64. The fourth-order valence-electron chi connectivity index (χ4n) is 1.42. The van der Waals surface area contributed by atoms with Crippen LogP contribution in [0.25, 0.3) is 11.4 Å². The Hall–Kier alpha value is -2.13. The van der Waals surface area contributed by atoms with Crippen LogP contribution in [0.4, 0.5) is 13.2 Å². The first kappa shape index (κ1) is 13.3. The summed E-state index contributed by atoms with van der Waals surface area (Å²) in [4.78, 5) is 7.66. The standard InChI is InChI=1S/C12H5ClF3N3/c13-10-2-1-8(3-9(10)12(14,15)16)11-18-5-7(4-17)6-19-11/h1-3,5-6H. The minimum atomic E-state index is -4.54. The van der Waals surface area contributed by atoms with Gasteiger partial charge >= 0.3 is 6.18 Å². The molecule has 0 fully saturated rings. The predicted octanol–water partition coefficient (Wildman–Crippen LogP) is 3.69. The van der Waals surface area contributed by atoms with Gasteiger partial charge in [0, 0.05) is 18.0 Å². The highest BCUT2D eigenvalue weighted by molar-refractivity contribution is 6.31. The lowest BCUT2D eigenvalue weighted by atomic mass is 10.1. The number of nitriles is 1. The molecule has 0 aliphatic heterocycles. The third-order valence-electron chi connectivity index (χ3n) is 2.31. The molecule has 1 heterocycles. The van der Waals surface area contributed by atoms with E-state index in [1.165, 1.54) is 18.5 Å². The monoisotopic (exact) mass is 283 g/mol. The molecule has 0 saturated heterocycles. The van der Waals surface area contributed by atoms with E-state index in [2.05, 4.69) is 9.97 Å². The number of halogens is 4. The first-order valence-corrected chi connectivity index (χ1v) is 5.39.